The van der Waals surface area contributed by atoms with E-state index in [0.29, 0.717) is 12.5 Å². The van der Waals surface area contributed by atoms with Crippen molar-refractivity contribution in [2.45, 2.75) is 51.0 Å². The van der Waals surface area contributed by atoms with E-state index in [1.54, 1.807) is 17.2 Å². The van der Waals surface area contributed by atoms with Gasteiger partial charge in [0.05, 0.1) is 18.5 Å². The van der Waals surface area contributed by atoms with Gasteiger partial charge in [-0.05, 0) is 69.3 Å². The van der Waals surface area contributed by atoms with Crippen molar-refractivity contribution in [2.24, 2.45) is 17.8 Å². The average Bonchev–Trinajstić information content (AvgIpc) is 3.63. The molecule has 3 heterocycles. The summed E-state index contributed by atoms with van der Waals surface area (Å²) in [4.78, 5) is 22.4. The van der Waals surface area contributed by atoms with E-state index < -0.39 is 0 Å². The van der Waals surface area contributed by atoms with Crippen molar-refractivity contribution >= 4 is 6.09 Å². The molecule has 0 radical (unpaired) electrons. The summed E-state index contributed by atoms with van der Waals surface area (Å²) in [7, 11) is 0. The van der Waals surface area contributed by atoms with Gasteiger partial charge in [-0.1, -0.05) is 0 Å². The highest BCUT2D eigenvalue weighted by Gasteiger charge is 2.45. The number of piperidine rings is 1. The zero-order valence-electron chi connectivity index (χ0n) is 17.4. The number of rotatable bonds is 7. The van der Waals surface area contributed by atoms with Gasteiger partial charge in [-0.3, -0.25) is 0 Å². The van der Waals surface area contributed by atoms with Crippen molar-refractivity contribution in [3.05, 3.63) is 31.0 Å². The SMILES string of the molecule is CC1(OC(=O)N2CCC(C3CC3CCOc3ccc(-n4cncn4)cn3)CC2)CC1. The van der Waals surface area contributed by atoms with Gasteiger partial charge in [0.25, 0.3) is 0 Å². The number of hydrogen-bond acceptors (Lipinski definition) is 6. The number of carbonyl (C=O) groups excluding carboxylic acids is 1. The fraction of sp³-hybridized carbons (Fsp3) is 0.636. The lowest BCUT2D eigenvalue weighted by Crippen LogP contribution is -2.40. The van der Waals surface area contributed by atoms with Crippen LogP contribution in [0.4, 0.5) is 4.79 Å². The molecule has 1 aliphatic heterocycles. The van der Waals surface area contributed by atoms with Gasteiger partial charge in [-0.15, -0.1) is 0 Å². The molecule has 1 amide bonds. The van der Waals surface area contributed by atoms with Crippen molar-refractivity contribution < 1.29 is 14.3 Å². The predicted octanol–water partition coefficient (Wildman–Crippen LogP) is 3.47. The minimum Gasteiger partial charge on any atom is -0.478 e. The van der Waals surface area contributed by atoms with Crippen LogP contribution in [0.25, 0.3) is 5.69 Å². The Morgan fingerprint density at radius 1 is 1.27 bits per heavy atom. The van der Waals surface area contributed by atoms with Crippen LogP contribution in [0.1, 0.15) is 45.4 Å². The summed E-state index contributed by atoms with van der Waals surface area (Å²) in [6.07, 6.45) is 11.3. The quantitative estimate of drug-likeness (QED) is 0.694. The smallest absolute Gasteiger partial charge is 0.410 e. The second-order valence-corrected chi connectivity index (χ2v) is 9.13. The molecule has 0 aromatic carbocycles. The Kier molecular flexibility index (Phi) is 5.08. The summed E-state index contributed by atoms with van der Waals surface area (Å²) in [5, 5.41) is 4.09. The van der Waals surface area contributed by atoms with Crippen LogP contribution in [0.15, 0.2) is 31.0 Å². The number of hydrogen-bond donors (Lipinski definition) is 0. The number of nitrogens with zero attached hydrogens (tertiary/aromatic N) is 5. The van der Waals surface area contributed by atoms with E-state index in [2.05, 4.69) is 15.1 Å². The zero-order chi connectivity index (χ0) is 20.6. The molecule has 0 spiro atoms. The van der Waals surface area contributed by atoms with Gasteiger partial charge in [0.15, 0.2) is 0 Å². The van der Waals surface area contributed by atoms with Crippen LogP contribution in [0.5, 0.6) is 5.88 Å². The Morgan fingerprint density at radius 2 is 2.10 bits per heavy atom. The van der Waals surface area contributed by atoms with Crippen LogP contribution < -0.4 is 4.74 Å². The predicted molar refractivity (Wildman–Crippen MR) is 109 cm³/mol. The molecular weight excluding hydrogens is 382 g/mol. The normalized spacial score (nSPS) is 25.0. The number of likely N-dealkylation sites (tertiary alicyclic amines) is 1. The molecule has 2 aromatic heterocycles. The highest BCUT2D eigenvalue weighted by atomic mass is 16.6. The minimum absolute atomic E-state index is 0.114. The molecule has 160 valence electrons. The number of carbonyl (C=O) groups is 1. The standard InChI is InChI=1S/C22H29N5O3/c1-22(7-8-22)30-21(28)26-9-4-16(5-10-26)19-12-17(19)6-11-29-20-3-2-18(13-24-20)27-15-23-14-25-27/h2-3,13-17,19H,4-12H2,1H3. The van der Waals surface area contributed by atoms with E-state index in [1.807, 2.05) is 24.0 Å². The Hall–Kier alpha value is -2.64. The number of aromatic nitrogens is 4. The third-order valence-electron chi connectivity index (χ3n) is 6.81. The Balaban J connectivity index is 1.00. The first-order chi connectivity index (χ1) is 14.6. The first kappa shape index (κ1) is 19.3. The third kappa shape index (κ3) is 4.42. The van der Waals surface area contributed by atoms with Gasteiger partial charge in [0.2, 0.25) is 5.88 Å². The average molecular weight is 412 g/mol. The van der Waals surface area contributed by atoms with Crippen LogP contribution in [-0.4, -0.2) is 56.0 Å². The number of ether oxygens (including phenoxy) is 2. The van der Waals surface area contributed by atoms with Crippen molar-refractivity contribution in [2.75, 3.05) is 19.7 Å². The van der Waals surface area contributed by atoms with E-state index in [0.717, 1.165) is 68.6 Å². The molecule has 2 aromatic rings. The van der Waals surface area contributed by atoms with E-state index in [1.165, 1.54) is 12.7 Å². The summed E-state index contributed by atoms with van der Waals surface area (Å²) in [5.41, 5.74) is 0.685. The highest BCUT2D eigenvalue weighted by Crippen LogP contribution is 2.50. The van der Waals surface area contributed by atoms with E-state index in [9.17, 15) is 4.79 Å². The fourth-order valence-electron chi connectivity index (χ4n) is 4.49. The molecule has 0 bridgehead atoms. The Morgan fingerprint density at radius 3 is 2.77 bits per heavy atom. The van der Waals surface area contributed by atoms with Gasteiger partial charge >= 0.3 is 6.09 Å². The number of amides is 1. The maximum atomic E-state index is 12.2. The topological polar surface area (TPSA) is 82.4 Å². The fourth-order valence-corrected chi connectivity index (χ4v) is 4.49. The Bertz CT molecular complexity index is 857. The second-order valence-electron chi connectivity index (χ2n) is 9.13. The van der Waals surface area contributed by atoms with Gasteiger partial charge in [-0.2, -0.15) is 5.10 Å². The lowest BCUT2D eigenvalue weighted by Gasteiger charge is -2.32. The zero-order valence-corrected chi connectivity index (χ0v) is 17.4. The van der Waals surface area contributed by atoms with E-state index in [-0.39, 0.29) is 11.7 Å². The van der Waals surface area contributed by atoms with E-state index >= 15 is 0 Å². The third-order valence-corrected chi connectivity index (χ3v) is 6.81. The van der Waals surface area contributed by atoms with Crippen molar-refractivity contribution in [3.8, 4) is 11.6 Å². The molecule has 3 aliphatic rings. The lowest BCUT2D eigenvalue weighted by atomic mass is 9.91. The van der Waals surface area contributed by atoms with Crippen molar-refractivity contribution in [1.29, 1.82) is 0 Å². The van der Waals surface area contributed by atoms with Crippen LogP contribution in [-0.2, 0) is 4.74 Å². The molecule has 8 nitrogen and oxygen atoms in total. The molecule has 1 saturated heterocycles. The van der Waals surface area contributed by atoms with Crippen LogP contribution >= 0.6 is 0 Å². The van der Waals surface area contributed by atoms with Gasteiger partial charge < -0.3 is 14.4 Å². The maximum Gasteiger partial charge on any atom is 0.410 e. The Labute approximate surface area is 176 Å². The summed E-state index contributed by atoms with van der Waals surface area (Å²) >= 11 is 0. The van der Waals surface area contributed by atoms with Crippen molar-refractivity contribution in [1.82, 2.24) is 24.6 Å². The molecule has 3 fully saturated rings. The van der Waals surface area contributed by atoms with Crippen molar-refractivity contribution in [3.63, 3.8) is 0 Å². The first-order valence-electron chi connectivity index (χ1n) is 11.0. The highest BCUT2D eigenvalue weighted by molar-refractivity contribution is 5.68. The monoisotopic (exact) mass is 411 g/mol. The van der Waals surface area contributed by atoms with Crippen LogP contribution in [0, 0.1) is 17.8 Å². The summed E-state index contributed by atoms with van der Waals surface area (Å²) < 4.78 is 13.1. The molecule has 5 rings (SSSR count). The van der Waals surface area contributed by atoms with Crippen LogP contribution in [0.3, 0.4) is 0 Å². The molecule has 8 heteroatoms. The second kappa shape index (κ2) is 7.89. The molecule has 2 unspecified atom stereocenters. The molecule has 2 saturated carbocycles. The van der Waals surface area contributed by atoms with E-state index in [4.69, 9.17) is 9.47 Å². The van der Waals surface area contributed by atoms with Crippen LogP contribution in [0.2, 0.25) is 0 Å². The molecule has 2 aliphatic carbocycles. The van der Waals surface area contributed by atoms with Gasteiger partial charge in [0, 0.05) is 19.2 Å². The lowest BCUT2D eigenvalue weighted by molar-refractivity contribution is 0.0473. The largest absolute Gasteiger partial charge is 0.478 e. The molecule has 0 N–H and O–H groups in total. The molecular formula is C22H29N5O3. The first-order valence-corrected chi connectivity index (χ1v) is 11.0. The molecule has 30 heavy (non-hydrogen) atoms. The molecule has 2 atom stereocenters. The van der Waals surface area contributed by atoms with Gasteiger partial charge in [-0.25, -0.2) is 19.4 Å². The summed E-state index contributed by atoms with van der Waals surface area (Å²) in [6, 6.07) is 3.80. The summed E-state index contributed by atoms with van der Waals surface area (Å²) in [6.45, 7) is 4.39. The summed E-state index contributed by atoms with van der Waals surface area (Å²) in [5.74, 6) is 2.91. The minimum atomic E-state index is -0.179. The maximum absolute atomic E-state index is 12.2. The number of pyridine rings is 1. The van der Waals surface area contributed by atoms with Gasteiger partial charge in [0.1, 0.15) is 18.3 Å².